The van der Waals surface area contributed by atoms with E-state index >= 15 is 0 Å². The molecule has 0 N–H and O–H groups in total. The van der Waals surface area contributed by atoms with Gasteiger partial charge in [0.1, 0.15) is 0 Å². The van der Waals surface area contributed by atoms with Crippen LogP contribution >= 0.6 is 0 Å². The molecule has 5 heteroatoms. The Morgan fingerprint density at radius 1 is 1.28 bits per heavy atom. The largest absolute Gasteiger partial charge is 0.340 e. The quantitative estimate of drug-likeness (QED) is 0.808. The molecule has 0 spiro atoms. The molecule has 0 aliphatic carbocycles. The van der Waals surface area contributed by atoms with Gasteiger partial charge in [0.15, 0.2) is 5.82 Å². The van der Waals surface area contributed by atoms with E-state index in [1.165, 1.54) is 11.1 Å². The van der Waals surface area contributed by atoms with Crippen LogP contribution in [0.5, 0.6) is 0 Å². The zero-order valence-corrected chi connectivity index (χ0v) is 11.1. The Balaban J connectivity index is 2.04. The van der Waals surface area contributed by atoms with Crippen molar-refractivity contribution in [3.05, 3.63) is 41.3 Å². The molecule has 0 radical (unpaired) electrons. The smallest absolute Gasteiger partial charge is 0.223 e. The Bertz CT molecular complexity index is 509. The maximum atomic E-state index is 4.99. The second-order valence-corrected chi connectivity index (χ2v) is 4.34. The van der Waals surface area contributed by atoms with Gasteiger partial charge in [-0.3, -0.25) is 9.88 Å². The number of aromatic nitrogens is 3. The molecule has 0 amide bonds. The summed E-state index contributed by atoms with van der Waals surface area (Å²) in [5, 5.41) is 3.93. The highest BCUT2D eigenvalue weighted by atomic mass is 16.5. The van der Waals surface area contributed by atoms with Gasteiger partial charge < -0.3 is 4.52 Å². The highest BCUT2D eigenvalue weighted by Gasteiger charge is 2.10. The van der Waals surface area contributed by atoms with Gasteiger partial charge in [0.25, 0.3) is 0 Å². The van der Waals surface area contributed by atoms with Crippen LogP contribution in [0.15, 0.2) is 23.0 Å². The van der Waals surface area contributed by atoms with Gasteiger partial charge in [-0.2, -0.15) is 4.98 Å². The second kappa shape index (κ2) is 5.73. The summed E-state index contributed by atoms with van der Waals surface area (Å²) in [6, 6.07) is 2.06. The number of hydrogen-bond donors (Lipinski definition) is 0. The molecule has 0 fully saturated rings. The van der Waals surface area contributed by atoms with Gasteiger partial charge in [-0.1, -0.05) is 12.1 Å². The lowest BCUT2D eigenvalue weighted by atomic mass is 10.1. The topological polar surface area (TPSA) is 55.1 Å². The van der Waals surface area contributed by atoms with E-state index in [-0.39, 0.29) is 0 Å². The van der Waals surface area contributed by atoms with Crippen molar-refractivity contribution in [2.24, 2.45) is 0 Å². The SMILES string of the molecule is CCN(Cc1noc(C)n1)Cc1ccncc1C. The van der Waals surface area contributed by atoms with Crippen molar-refractivity contribution < 1.29 is 4.52 Å². The van der Waals surface area contributed by atoms with Gasteiger partial charge in [0.2, 0.25) is 5.89 Å². The average Bonchev–Trinajstić information content (AvgIpc) is 2.76. The molecule has 2 aromatic rings. The highest BCUT2D eigenvalue weighted by Crippen LogP contribution is 2.11. The van der Waals surface area contributed by atoms with E-state index in [2.05, 4.69) is 39.9 Å². The molecule has 0 aromatic carbocycles. The van der Waals surface area contributed by atoms with Crippen LogP contribution in [0.1, 0.15) is 29.8 Å². The standard InChI is InChI=1S/C13H18N4O/c1-4-17(9-13-15-11(3)18-16-13)8-12-5-6-14-7-10(12)2/h5-7H,4,8-9H2,1-3H3. The summed E-state index contributed by atoms with van der Waals surface area (Å²) in [5.74, 6) is 1.35. The predicted molar refractivity (Wildman–Crippen MR) is 67.8 cm³/mol. The molecule has 0 aliphatic heterocycles. The Labute approximate surface area is 107 Å². The number of aryl methyl sites for hydroxylation is 2. The van der Waals surface area contributed by atoms with E-state index in [1.807, 2.05) is 12.4 Å². The third-order valence-corrected chi connectivity index (χ3v) is 2.91. The molecule has 0 bridgehead atoms. The minimum absolute atomic E-state index is 0.612. The van der Waals surface area contributed by atoms with E-state index in [0.717, 1.165) is 18.9 Å². The third-order valence-electron chi connectivity index (χ3n) is 2.91. The van der Waals surface area contributed by atoms with Crippen molar-refractivity contribution >= 4 is 0 Å². The van der Waals surface area contributed by atoms with Crippen molar-refractivity contribution in [3.8, 4) is 0 Å². The normalized spacial score (nSPS) is 11.1. The van der Waals surface area contributed by atoms with Crippen LogP contribution in [-0.2, 0) is 13.1 Å². The van der Waals surface area contributed by atoms with Gasteiger partial charge in [-0.15, -0.1) is 0 Å². The summed E-state index contributed by atoms with van der Waals surface area (Å²) in [4.78, 5) is 10.6. The van der Waals surface area contributed by atoms with E-state index in [1.54, 1.807) is 6.92 Å². The van der Waals surface area contributed by atoms with Crippen LogP contribution < -0.4 is 0 Å². The van der Waals surface area contributed by atoms with Gasteiger partial charge in [0.05, 0.1) is 6.54 Å². The molecule has 2 aromatic heterocycles. The minimum atomic E-state index is 0.612. The lowest BCUT2D eigenvalue weighted by molar-refractivity contribution is 0.258. The molecule has 2 rings (SSSR count). The fourth-order valence-electron chi connectivity index (χ4n) is 1.81. The zero-order valence-electron chi connectivity index (χ0n) is 11.1. The maximum Gasteiger partial charge on any atom is 0.223 e. The summed E-state index contributed by atoms with van der Waals surface area (Å²) >= 11 is 0. The fourth-order valence-corrected chi connectivity index (χ4v) is 1.81. The van der Waals surface area contributed by atoms with Crippen molar-refractivity contribution in [2.45, 2.75) is 33.9 Å². The number of nitrogens with zero attached hydrogens (tertiary/aromatic N) is 4. The van der Waals surface area contributed by atoms with Gasteiger partial charge in [-0.05, 0) is 30.7 Å². The summed E-state index contributed by atoms with van der Waals surface area (Å²) in [6.07, 6.45) is 3.72. The van der Waals surface area contributed by atoms with E-state index in [9.17, 15) is 0 Å². The molecule has 0 atom stereocenters. The summed E-state index contributed by atoms with van der Waals surface area (Å²) in [5.41, 5.74) is 2.49. The predicted octanol–water partition coefficient (Wildman–Crippen LogP) is 2.10. The van der Waals surface area contributed by atoms with Crippen molar-refractivity contribution in [3.63, 3.8) is 0 Å². The number of hydrogen-bond acceptors (Lipinski definition) is 5. The average molecular weight is 246 g/mol. The van der Waals surface area contributed by atoms with E-state index in [0.29, 0.717) is 12.4 Å². The fraction of sp³-hybridized carbons (Fsp3) is 0.462. The molecule has 0 saturated carbocycles. The van der Waals surface area contributed by atoms with Crippen molar-refractivity contribution in [1.82, 2.24) is 20.0 Å². The number of pyridine rings is 1. The van der Waals surface area contributed by atoms with Crippen LogP contribution in [0.25, 0.3) is 0 Å². The van der Waals surface area contributed by atoms with Gasteiger partial charge in [0, 0.05) is 25.9 Å². The van der Waals surface area contributed by atoms with Crippen LogP contribution in [0.3, 0.4) is 0 Å². The minimum Gasteiger partial charge on any atom is -0.340 e. The highest BCUT2D eigenvalue weighted by molar-refractivity contribution is 5.21. The Morgan fingerprint density at radius 2 is 2.11 bits per heavy atom. The molecule has 0 unspecified atom stereocenters. The Hall–Kier alpha value is -1.75. The third kappa shape index (κ3) is 3.13. The van der Waals surface area contributed by atoms with Crippen LogP contribution in [0, 0.1) is 13.8 Å². The van der Waals surface area contributed by atoms with Gasteiger partial charge in [-0.25, -0.2) is 0 Å². The summed E-state index contributed by atoms with van der Waals surface area (Å²) < 4.78 is 4.99. The first kappa shape index (κ1) is 12.7. The van der Waals surface area contributed by atoms with Gasteiger partial charge >= 0.3 is 0 Å². The molecule has 18 heavy (non-hydrogen) atoms. The van der Waals surface area contributed by atoms with E-state index in [4.69, 9.17) is 4.52 Å². The Morgan fingerprint density at radius 3 is 2.72 bits per heavy atom. The first-order valence-electron chi connectivity index (χ1n) is 6.10. The summed E-state index contributed by atoms with van der Waals surface area (Å²) in [6.45, 7) is 8.53. The second-order valence-electron chi connectivity index (χ2n) is 4.34. The molecule has 0 aliphatic rings. The molecular formula is C13H18N4O. The molecule has 2 heterocycles. The van der Waals surface area contributed by atoms with Crippen LogP contribution in [-0.4, -0.2) is 26.6 Å². The lowest BCUT2D eigenvalue weighted by Gasteiger charge is -2.19. The zero-order chi connectivity index (χ0) is 13.0. The van der Waals surface area contributed by atoms with Crippen molar-refractivity contribution in [2.75, 3.05) is 6.54 Å². The molecule has 5 nitrogen and oxygen atoms in total. The monoisotopic (exact) mass is 246 g/mol. The lowest BCUT2D eigenvalue weighted by Crippen LogP contribution is -2.23. The maximum absolute atomic E-state index is 4.99. The summed E-state index contributed by atoms with van der Waals surface area (Å²) in [7, 11) is 0. The van der Waals surface area contributed by atoms with Crippen molar-refractivity contribution in [1.29, 1.82) is 0 Å². The van der Waals surface area contributed by atoms with Crippen LogP contribution in [0.2, 0.25) is 0 Å². The Kier molecular flexibility index (Phi) is 4.04. The first-order chi connectivity index (χ1) is 8.69. The molecule has 0 saturated heterocycles. The van der Waals surface area contributed by atoms with Crippen LogP contribution in [0.4, 0.5) is 0 Å². The molecular weight excluding hydrogens is 228 g/mol. The first-order valence-corrected chi connectivity index (χ1v) is 6.10. The molecule has 96 valence electrons. The van der Waals surface area contributed by atoms with E-state index < -0.39 is 0 Å². The number of rotatable bonds is 5.